The van der Waals surface area contributed by atoms with Gasteiger partial charge in [-0.3, -0.25) is 4.79 Å². The Balaban J connectivity index is 2.39. The summed E-state index contributed by atoms with van der Waals surface area (Å²) in [6.45, 7) is 0. The van der Waals surface area contributed by atoms with Gasteiger partial charge in [0.2, 0.25) is 5.82 Å². The number of hydrogen-bond acceptors (Lipinski definition) is 4. The van der Waals surface area contributed by atoms with Crippen LogP contribution in [0.5, 0.6) is 0 Å². The monoisotopic (exact) mass is 188 g/mol. The molecule has 0 amide bonds. The second-order valence-electron chi connectivity index (χ2n) is 2.76. The number of ketones is 1. The predicted octanol–water partition coefficient (Wildman–Crippen LogP) is 0.441. The zero-order valence-electron chi connectivity index (χ0n) is 7.58. The van der Waals surface area contributed by atoms with E-state index in [4.69, 9.17) is 0 Å². The molecule has 0 saturated heterocycles. The van der Waals surface area contributed by atoms with E-state index in [0.717, 1.165) is 0 Å². The van der Waals surface area contributed by atoms with Gasteiger partial charge in [0.25, 0.3) is 5.78 Å². The highest BCUT2D eigenvalue weighted by molar-refractivity contribution is 6.03. The van der Waals surface area contributed by atoms with Gasteiger partial charge in [0.1, 0.15) is 0 Å². The molecule has 0 aliphatic heterocycles. The van der Waals surface area contributed by atoms with Crippen LogP contribution < -0.4 is 0 Å². The highest BCUT2D eigenvalue weighted by Crippen LogP contribution is 2.01. The van der Waals surface area contributed by atoms with Gasteiger partial charge in [0.05, 0.1) is 0 Å². The van der Waals surface area contributed by atoms with E-state index in [1.54, 1.807) is 30.1 Å². The third kappa shape index (κ3) is 1.39. The van der Waals surface area contributed by atoms with Crippen molar-refractivity contribution in [2.24, 2.45) is 7.05 Å². The van der Waals surface area contributed by atoms with Crippen molar-refractivity contribution < 1.29 is 4.79 Å². The Morgan fingerprint density at radius 3 is 2.50 bits per heavy atom. The molecule has 0 unspecified atom stereocenters. The standard InChI is InChI=1S/C9H8N4O/c1-13-6-5-12-9(13)7(14)8-10-3-2-4-11-8/h2-6H,1H3. The molecule has 5 nitrogen and oxygen atoms in total. The van der Waals surface area contributed by atoms with E-state index in [1.807, 2.05) is 0 Å². The Kier molecular flexibility index (Phi) is 2.06. The van der Waals surface area contributed by atoms with Crippen molar-refractivity contribution in [3.05, 3.63) is 42.5 Å². The summed E-state index contributed by atoms with van der Waals surface area (Å²) >= 11 is 0. The molecular weight excluding hydrogens is 180 g/mol. The molecule has 0 aromatic carbocycles. The third-order valence-corrected chi connectivity index (χ3v) is 1.79. The Bertz CT molecular complexity index is 449. The minimum atomic E-state index is -0.266. The lowest BCUT2D eigenvalue weighted by Gasteiger charge is -1.98. The summed E-state index contributed by atoms with van der Waals surface area (Å²) in [5.74, 6) is 0.246. The molecule has 14 heavy (non-hydrogen) atoms. The molecule has 0 aliphatic carbocycles. The van der Waals surface area contributed by atoms with E-state index in [1.165, 1.54) is 12.4 Å². The fraction of sp³-hybridized carbons (Fsp3) is 0.111. The largest absolute Gasteiger partial charge is 0.331 e. The van der Waals surface area contributed by atoms with Gasteiger partial charge in [-0.2, -0.15) is 0 Å². The van der Waals surface area contributed by atoms with Crippen LogP contribution in [-0.4, -0.2) is 25.3 Å². The molecule has 0 fully saturated rings. The van der Waals surface area contributed by atoms with Gasteiger partial charge < -0.3 is 4.57 Å². The summed E-state index contributed by atoms with van der Waals surface area (Å²) in [4.78, 5) is 23.4. The van der Waals surface area contributed by atoms with Gasteiger partial charge in [0, 0.05) is 31.8 Å². The molecule has 0 bridgehead atoms. The van der Waals surface area contributed by atoms with E-state index in [2.05, 4.69) is 15.0 Å². The first-order valence-corrected chi connectivity index (χ1v) is 4.08. The number of rotatable bonds is 2. The van der Waals surface area contributed by atoms with Crippen molar-refractivity contribution in [2.45, 2.75) is 0 Å². The van der Waals surface area contributed by atoms with E-state index >= 15 is 0 Å². The smallest absolute Gasteiger partial charge is 0.265 e. The van der Waals surface area contributed by atoms with Gasteiger partial charge >= 0.3 is 0 Å². The van der Waals surface area contributed by atoms with Gasteiger partial charge in [-0.25, -0.2) is 15.0 Å². The molecule has 0 N–H and O–H groups in total. The van der Waals surface area contributed by atoms with Crippen LogP contribution >= 0.6 is 0 Å². The molecule has 2 aromatic heterocycles. The van der Waals surface area contributed by atoms with Crippen molar-refractivity contribution in [1.82, 2.24) is 19.5 Å². The number of imidazole rings is 1. The van der Waals surface area contributed by atoms with Crippen LogP contribution in [0.15, 0.2) is 30.9 Å². The van der Waals surface area contributed by atoms with Crippen molar-refractivity contribution in [3.63, 3.8) is 0 Å². The predicted molar refractivity (Wildman–Crippen MR) is 48.7 cm³/mol. The summed E-state index contributed by atoms with van der Waals surface area (Å²) in [6, 6.07) is 1.66. The molecule has 70 valence electrons. The fourth-order valence-corrected chi connectivity index (χ4v) is 1.10. The van der Waals surface area contributed by atoms with Crippen LogP contribution in [0.25, 0.3) is 0 Å². The van der Waals surface area contributed by atoms with Crippen LogP contribution in [0.4, 0.5) is 0 Å². The summed E-state index contributed by atoms with van der Waals surface area (Å²) in [7, 11) is 1.75. The van der Waals surface area contributed by atoms with Crippen molar-refractivity contribution in [2.75, 3.05) is 0 Å². The van der Waals surface area contributed by atoms with Crippen LogP contribution in [0.1, 0.15) is 16.4 Å². The lowest BCUT2D eigenvalue weighted by molar-refractivity contribution is 0.101. The molecule has 2 rings (SSSR count). The first-order valence-electron chi connectivity index (χ1n) is 4.08. The third-order valence-electron chi connectivity index (χ3n) is 1.79. The number of carbonyl (C=O) groups excluding carboxylic acids is 1. The Morgan fingerprint density at radius 1 is 1.21 bits per heavy atom. The topological polar surface area (TPSA) is 60.7 Å². The zero-order valence-corrected chi connectivity index (χ0v) is 7.58. The van der Waals surface area contributed by atoms with Crippen molar-refractivity contribution in [1.29, 1.82) is 0 Å². The quantitative estimate of drug-likeness (QED) is 0.641. The Hall–Kier alpha value is -2.04. The van der Waals surface area contributed by atoms with Crippen LogP contribution in [0, 0.1) is 0 Å². The van der Waals surface area contributed by atoms with Gasteiger partial charge in [-0.15, -0.1) is 0 Å². The number of nitrogens with zero attached hydrogens (tertiary/aromatic N) is 4. The maximum atomic E-state index is 11.7. The second-order valence-corrected chi connectivity index (χ2v) is 2.76. The molecule has 0 radical (unpaired) electrons. The number of hydrogen-bond donors (Lipinski definition) is 0. The molecule has 0 saturated carbocycles. The first kappa shape index (κ1) is 8.55. The van der Waals surface area contributed by atoms with Crippen LogP contribution in [-0.2, 0) is 7.05 Å². The average molecular weight is 188 g/mol. The molecule has 5 heteroatoms. The van der Waals surface area contributed by atoms with Crippen molar-refractivity contribution in [3.8, 4) is 0 Å². The Morgan fingerprint density at radius 2 is 1.93 bits per heavy atom. The van der Waals surface area contributed by atoms with E-state index < -0.39 is 0 Å². The lowest BCUT2D eigenvalue weighted by Crippen LogP contribution is -2.11. The van der Waals surface area contributed by atoms with E-state index in [-0.39, 0.29) is 11.6 Å². The molecular formula is C9H8N4O. The van der Waals surface area contributed by atoms with E-state index in [0.29, 0.717) is 5.82 Å². The molecule has 0 aliphatic rings. The average Bonchev–Trinajstić information content (AvgIpc) is 2.65. The molecule has 2 heterocycles. The number of aromatic nitrogens is 4. The van der Waals surface area contributed by atoms with Gasteiger partial charge in [-0.1, -0.05) is 0 Å². The minimum Gasteiger partial charge on any atom is -0.331 e. The summed E-state index contributed by atoms with van der Waals surface area (Å²) < 4.78 is 1.64. The fourth-order valence-electron chi connectivity index (χ4n) is 1.10. The Labute approximate surface area is 80.5 Å². The zero-order chi connectivity index (χ0) is 9.97. The number of carbonyl (C=O) groups is 1. The molecule has 0 spiro atoms. The van der Waals surface area contributed by atoms with E-state index in [9.17, 15) is 4.79 Å². The van der Waals surface area contributed by atoms with Crippen LogP contribution in [0.2, 0.25) is 0 Å². The SMILES string of the molecule is Cn1ccnc1C(=O)c1ncccn1. The summed E-state index contributed by atoms with van der Waals surface area (Å²) in [5, 5.41) is 0. The maximum absolute atomic E-state index is 11.7. The van der Waals surface area contributed by atoms with Crippen LogP contribution in [0.3, 0.4) is 0 Å². The summed E-state index contributed by atoms with van der Waals surface area (Å²) in [5.41, 5.74) is 0. The highest BCUT2D eigenvalue weighted by Gasteiger charge is 2.15. The van der Waals surface area contributed by atoms with Gasteiger partial charge in [-0.05, 0) is 6.07 Å². The second kappa shape index (κ2) is 3.37. The summed E-state index contributed by atoms with van der Waals surface area (Å²) in [6.07, 6.45) is 6.33. The number of aryl methyl sites for hydroxylation is 1. The van der Waals surface area contributed by atoms with Crippen molar-refractivity contribution >= 4 is 5.78 Å². The minimum absolute atomic E-state index is 0.168. The lowest BCUT2D eigenvalue weighted by atomic mass is 10.3. The van der Waals surface area contributed by atoms with Gasteiger partial charge in [0.15, 0.2) is 5.82 Å². The maximum Gasteiger partial charge on any atom is 0.265 e. The first-order chi connectivity index (χ1) is 6.79. The normalized spacial score (nSPS) is 10.1. The molecule has 2 aromatic rings. The molecule has 0 atom stereocenters. The highest BCUT2D eigenvalue weighted by atomic mass is 16.1.